The Balaban J connectivity index is 2.64. The number of carbonyl (C=O) groups excluding carboxylic acids is 1. The number of unbranched alkanes of at least 4 members (excludes halogenated alkanes) is 1. The van der Waals surface area contributed by atoms with Crippen molar-refractivity contribution >= 4 is 5.91 Å². The molecule has 1 heterocycles. The van der Waals surface area contributed by atoms with Crippen LogP contribution in [0, 0.1) is 5.92 Å². The van der Waals surface area contributed by atoms with Crippen LogP contribution in [0.3, 0.4) is 0 Å². The number of hydrogen-bond acceptors (Lipinski definition) is 2. The van der Waals surface area contributed by atoms with Crippen LogP contribution in [-0.4, -0.2) is 42.7 Å². The molecule has 0 aromatic heterocycles. The summed E-state index contributed by atoms with van der Waals surface area (Å²) in [5, 5.41) is 3.20. The van der Waals surface area contributed by atoms with E-state index in [2.05, 4.69) is 5.32 Å². The van der Waals surface area contributed by atoms with Gasteiger partial charge in [0.2, 0.25) is 5.91 Å². The fourth-order valence-corrected chi connectivity index (χ4v) is 2.45. The zero-order valence-electron chi connectivity index (χ0n) is 11.6. The molecule has 3 nitrogen and oxygen atoms in total. The van der Waals surface area contributed by atoms with Crippen molar-refractivity contribution in [2.45, 2.75) is 51.7 Å². The van der Waals surface area contributed by atoms with Crippen molar-refractivity contribution < 1.29 is 18.0 Å². The predicted molar refractivity (Wildman–Crippen MR) is 67.7 cm³/mol. The summed E-state index contributed by atoms with van der Waals surface area (Å²) in [7, 11) is 0. The lowest BCUT2D eigenvalue weighted by molar-refractivity contribution is -0.164. The van der Waals surface area contributed by atoms with Crippen molar-refractivity contribution in [3.05, 3.63) is 0 Å². The van der Waals surface area contributed by atoms with Gasteiger partial charge in [-0.2, -0.15) is 13.2 Å². The van der Waals surface area contributed by atoms with Gasteiger partial charge in [0.05, 0.1) is 0 Å². The molecular formula is C13H23F3N2O. The van der Waals surface area contributed by atoms with Crippen LogP contribution in [0.25, 0.3) is 0 Å². The van der Waals surface area contributed by atoms with E-state index >= 15 is 0 Å². The second kappa shape index (κ2) is 7.12. The van der Waals surface area contributed by atoms with E-state index in [1.54, 1.807) is 0 Å². The highest BCUT2D eigenvalue weighted by Gasteiger charge is 2.36. The maximum absolute atomic E-state index is 12.5. The van der Waals surface area contributed by atoms with E-state index in [0.717, 1.165) is 11.3 Å². The third-order valence-corrected chi connectivity index (χ3v) is 3.44. The lowest BCUT2D eigenvalue weighted by atomic mass is 9.92. The minimum Gasteiger partial charge on any atom is -0.333 e. The summed E-state index contributed by atoms with van der Waals surface area (Å²) in [5.74, 6) is -0.602. The average molecular weight is 280 g/mol. The van der Waals surface area contributed by atoms with Gasteiger partial charge in [-0.3, -0.25) is 4.79 Å². The number of rotatable bonds is 5. The molecule has 1 fully saturated rings. The molecule has 1 amide bonds. The lowest BCUT2D eigenvalue weighted by Gasteiger charge is -2.32. The van der Waals surface area contributed by atoms with Crippen LogP contribution in [0.2, 0.25) is 0 Å². The first-order valence-electron chi connectivity index (χ1n) is 6.92. The molecule has 0 aromatic carbocycles. The topological polar surface area (TPSA) is 32.3 Å². The highest BCUT2D eigenvalue weighted by molar-refractivity contribution is 5.79. The molecule has 0 aromatic rings. The van der Waals surface area contributed by atoms with Crippen LogP contribution >= 0.6 is 0 Å². The van der Waals surface area contributed by atoms with E-state index in [1.165, 1.54) is 0 Å². The van der Waals surface area contributed by atoms with E-state index in [0.29, 0.717) is 25.8 Å². The molecule has 1 rings (SSSR count). The molecule has 1 aliphatic rings. The normalized spacial score (nSPS) is 24.3. The van der Waals surface area contributed by atoms with Gasteiger partial charge in [-0.1, -0.05) is 13.3 Å². The molecule has 0 saturated carbocycles. The van der Waals surface area contributed by atoms with Gasteiger partial charge in [-0.05, 0) is 32.7 Å². The number of nitrogens with zero attached hydrogens (tertiary/aromatic N) is 1. The Hall–Kier alpha value is -0.780. The standard InChI is InChI=1S/C13H23F3N2O/c1-3-4-7-18(9-13(14,15)16)12(19)11-5-6-17-10(2)8-11/h10-11,17H,3-9H2,1-2H3/t10-,11-/m0/s1. The summed E-state index contributed by atoms with van der Waals surface area (Å²) >= 11 is 0. The summed E-state index contributed by atoms with van der Waals surface area (Å²) in [6, 6.07) is 0.196. The molecule has 1 aliphatic heterocycles. The quantitative estimate of drug-likeness (QED) is 0.839. The Kier molecular flexibility index (Phi) is 6.10. The third-order valence-electron chi connectivity index (χ3n) is 3.44. The van der Waals surface area contributed by atoms with Gasteiger partial charge in [0.1, 0.15) is 6.54 Å². The van der Waals surface area contributed by atoms with E-state index in [4.69, 9.17) is 0 Å². The van der Waals surface area contributed by atoms with Crippen LogP contribution in [0.4, 0.5) is 13.2 Å². The minimum absolute atomic E-state index is 0.196. The number of halogens is 3. The lowest BCUT2D eigenvalue weighted by Crippen LogP contribution is -2.47. The minimum atomic E-state index is -4.32. The highest BCUT2D eigenvalue weighted by Crippen LogP contribution is 2.23. The number of hydrogen-bond donors (Lipinski definition) is 1. The molecule has 0 radical (unpaired) electrons. The maximum Gasteiger partial charge on any atom is 0.406 e. The average Bonchev–Trinajstić information content (AvgIpc) is 2.32. The van der Waals surface area contributed by atoms with E-state index in [-0.39, 0.29) is 24.4 Å². The summed E-state index contributed by atoms with van der Waals surface area (Å²) in [6.45, 7) is 3.64. The Bertz CT molecular complexity index is 294. The number of nitrogens with one attached hydrogen (secondary N) is 1. The molecule has 1 N–H and O–H groups in total. The van der Waals surface area contributed by atoms with Gasteiger partial charge in [0, 0.05) is 18.5 Å². The van der Waals surface area contributed by atoms with Gasteiger partial charge < -0.3 is 10.2 Å². The second-order valence-corrected chi connectivity index (χ2v) is 5.30. The number of alkyl halides is 3. The molecule has 112 valence electrons. The van der Waals surface area contributed by atoms with Gasteiger partial charge in [0.25, 0.3) is 0 Å². The summed E-state index contributed by atoms with van der Waals surface area (Å²) in [4.78, 5) is 13.2. The summed E-state index contributed by atoms with van der Waals surface area (Å²) in [5.41, 5.74) is 0. The molecule has 0 bridgehead atoms. The van der Waals surface area contributed by atoms with E-state index < -0.39 is 12.7 Å². The van der Waals surface area contributed by atoms with Crippen molar-refractivity contribution in [2.75, 3.05) is 19.6 Å². The third kappa shape index (κ3) is 5.80. The van der Waals surface area contributed by atoms with Gasteiger partial charge >= 0.3 is 6.18 Å². The fraction of sp³-hybridized carbons (Fsp3) is 0.923. The summed E-state index contributed by atoms with van der Waals surface area (Å²) in [6.07, 6.45) is -1.67. The maximum atomic E-state index is 12.5. The van der Waals surface area contributed by atoms with Crippen molar-refractivity contribution in [1.29, 1.82) is 0 Å². The van der Waals surface area contributed by atoms with Crippen molar-refractivity contribution in [2.24, 2.45) is 5.92 Å². The highest BCUT2D eigenvalue weighted by atomic mass is 19.4. The second-order valence-electron chi connectivity index (χ2n) is 5.30. The molecule has 6 heteroatoms. The number of piperidine rings is 1. The number of carbonyl (C=O) groups is 1. The van der Waals surface area contributed by atoms with Crippen LogP contribution in [-0.2, 0) is 4.79 Å². The van der Waals surface area contributed by atoms with Crippen molar-refractivity contribution in [1.82, 2.24) is 10.2 Å². The fourth-order valence-electron chi connectivity index (χ4n) is 2.45. The molecule has 2 atom stereocenters. The monoisotopic (exact) mass is 280 g/mol. The number of amides is 1. The van der Waals surface area contributed by atoms with Crippen LogP contribution in [0.1, 0.15) is 39.5 Å². The first-order chi connectivity index (χ1) is 8.83. The zero-order valence-corrected chi connectivity index (χ0v) is 11.6. The van der Waals surface area contributed by atoms with Crippen LogP contribution in [0.5, 0.6) is 0 Å². The predicted octanol–water partition coefficient (Wildman–Crippen LogP) is 2.57. The van der Waals surface area contributed by atoms with Gasteiger partial charge in [0.15, 0.2) is 0 Å². The first kappa shape index (κ1) is 16.3. The van der Waals surface area contributed by atoms with Crippen molar-refractivity contribution in [3.8, 4) is 0 Å². The first-order valence-corrected chi connectivity index (χ1v) is 6.92. The van der Waals surface area contributed by atoms with Crippen molar-refractivity contribution in [3.63, 3.8) is 0 Å². The molecule has 19 heavy (non-hydrogen) atoms. The smallest absolute Gasteiger partial charge is 0.333 e. The zero-order chi connectivity index (χ0) is 14.5. The Labute approximate surface area is 112 Å². The van der Waals surface area contributed by atoms with Gasteiger partial charge in [-0.25, -0.2) is 0 Å². The molecule has 1 saturated heterocycles. The van der Waals surface area contributed by atoms with Crippen LogP contribution < -0.4 is 5.32 Å². The van der Waals surface area contributed by atoms with Gasteiger partial charge in [-0.15, -0.1) is 0 Å². The SMILES string of the molecule is CCCCN(CC(F)(F)F)C(=O)[C@H]1CCN[C@@H](C)C1. The van der Waals surface area contributed by atoms with E-state index in [1.807, 2.05) is 13.8 Å². The molecule has 0 aliphatic carbocycles. The Morgan fingerprint density at radius 1 is 1.42 bits per heavy atom. The Morgan fingerprint density at radius 3 is 2.63 bits per heavy atom. The molecule has 0 spiro atoms. The Morgan fingerprint density at radius 2 is 2.11 bits per heavy atom. The molecular weight excluding hydrogens is 257 g/mol. The van der Waals surface area contributed by atoms with E-state index in [9.17, 15) is 18.0 Å². The molecule has 0 unspecified atom stereocenters. The van der Waals surface area contributed by atoms with Crippen LogP contribution in [0.15, 0.2) is 0 Å². The summed E-state index contributed by atoms with van der Waals surface area (Å²) < 4.78 is 37.6. The largest absolute Gasteiger partial charge is 0.406 e.